The van der Waals surface area contributed by atoms with Gasteiger partial charge in [-0.15, -0.1) is 0 Å². The van der Waals surface area contributed by atoms with Crippen LogP contribution < -0.4 is 0 Å². The highest BCUT2D eigenvalue weighted by Crippen LogP contribution is 2.43. The van der Waals surface area contributed by atoms with Crippen LogP contribution in [0.1, 0.15) is 46.5 Å². The van der Waals surface area contributed by atoms with E-state index < -0.39 is 21.2 Å². The standard InChI is InChI=1S/C17H26O3S/c1-4-17(2,3)13-10-11-15(18)16(12-13)21(19,20)14-8-6-5-7-9-14/h5-9,13,15-16,18H,4,10-12H2,1-3H3. The minimum Gasteiger partial charge on any atom is -0.392 e. The molecule has 118 valence electrons. The number of aliphatic hydroxyl groups excluding tert-OH is 1. The van der Waals surface area contributed by atoms with Crippen molar-refractivity contribution in [2.45, 2.75) is 62.7 Å². The van der Waals surface area contributed by atoms with Crippen molar-refractivity contribution in [3.63, 3.8) is 0 Å². The molecule has 0 aliphatic heterocycles. The van der Waals surface area contributed by atoms with E-state index in [1.165, 1.54) is 0 Å². The second-order valence-corrected chi connectivity index (χ2v) is 8.98. The van der Waals surface area contributed by atoms with Gasteiger partial charge < -0.3 is 5.11 Å². The highest BCUT2D eigenvalue weighted by atomic mass is 32.2. The summed E-state index contributed by atoms with van der Waals surface area (Å²) in [5.74, 6) is 0.342. The molecule has 1 N–H and O–H groups in total. The minimum atomic E-state index is -3.46. The van der Waals surface area contributed by atoms with Crippen molar-refractivity contribution in [1.82, 2.24) is 0 Å². The van der Waals surface area contributed by atoms with Gasteiger partial charge in [0.05, 0.1) is 16.2 Å². The Labute approximate surface area is 128 Å². The molecular weight excluding hydrogens is 284 g/mol. The number of hydrogen-bond donors (Lipinski definition) is 1. The second-order valence-electron chi connectivity index (χ2n) is 6.82. The van der Waals surface area contributed by atoms with Crippen molar-refractivity contribution in [3.05, 3.63) is 30.3 Å². The highest BCUT2D eigenvalue weighted by molar-refractivity contribution is 7.92. The molecule has 0 spiro atoms. The van der Waals surface area contributed by atoms with Gasteiger partial charge in [-0.3, -0.25) is 0 Å². The first-order valence-corrected chi connectivity index (χ1v) is 9.30. The molecule has 4 heteroatoms. The Morgan fingerprint density at radius 2 is 1.81 bits per heavy atom. The molecule has 3 nitrogen and oxygen atoms in total. The average Bonchev–Trinajstić information content (AvgIpc) is 2.48. The summed E-state index contributed by atoms with van der Waals surface area (Å²) in [6, 6.07) is 8.51. The van der Waals surface area contributed by atoms with E-state index in [9.17, 15) is 13.5 Å². The predicted molar refractivity (Wildman–Crippen MR) is 84.8 cm³/mol. The van der Waals surface area contributed by atoms with Crippen molar-refractivity contribution in [2.24, 2.45) is 11.3 Å². The number of rotatable bonds is 4. The lowest BCUT2D eigenvalue weighted by Gasteiger charge is -2.41. The first kappa shape index (κ1) is 16.5. The number of benzene rings is 1. The maximum atomic E-state index is 12.8. The van der Waals surface area contributed by atoms with E-state index in [1.54, 1.807) is 30.3 Å². The van der Waals surface area contributed by atoms with Crippen LogP contribution in [-0.4, -0.2) is 24.9 Å². The van der Waals surface area contributed by atoms with Crippen LogP contribution in [0.3, 0.4) is 0 Å². The van der Waals surface area contributed by atoms with Crippen molar-refractivity contribution >= 4 is 9.84 Å². The Balaban J connectivity index is 2.29. The van der Waals surface area contributed by atoms with Gasteiger partial charge in [0.25, 0.3) is 0 Å². The van der Waals surface area contributed by atoms with E-state index >= 15 is 0 Å². The maximum Gasteiger partial charge on any atom is 0.183 e. The van der Waals surface area contributed by atoms with E-state index in [2.05, 4.69) is 20.8 Å². The third-order valence-corrected chi connectivity index (χ3v) is 7.48. The first-order chi connectivity index (χ1) is 9.79. The van der Waals surface area contributed by atoms with E-state index in [1.807, 2.05) is 0 Å². The third kappa shape index (κ3) is 3.32. The van der Waals surface area contributed by atoms with Gasteiger partial charge in [0.15, 0.2) is 9.84 Å². The average molecular weight is 310 g/mol. The summed E-state index contributed by atoms with van der Waals surface area (Å²) in [6.07, 6.45) is 2.30. The Morgan fingerprint density at radius 1 is 1.19 bits per heavy atom. The molecule has 1 aliphatic rings. The van der Waals surface area contributed by atoms with Gasteiger partial charge >= 0.3 is 0 Å². The molecule has 21 heavy (non-hydrogen) atoms. The van der Waals surface area contributed by atoms with Crippen molar-refractivity contribution in [3.8, 4) is 0 Å². The molecule has 1 fully saturated rings. The van der Waals surface area contributed by atoms with Crippen LogP contribution >= 0.6 is 0 Å². The van der Waals surface area contributed by atoms with E-state index in [0.29, 0.717) is 23.7 Å². The number of sulfone groups is 1. The van der Waals surface area contributed by atoms with Gasteiger partial charge in [0.1, 0.15) is 0 Å². The summed E-state index contributed by atoms with van der Waals surface area (Å²) in [7, 11) is -3.46. The topological polar surface area (TPSA) is 54.4 Å². The zero-order chi connectivity index (χ0) is 15.7. The molecule has 0 radical (unpaired) electrons. The van der Waals surface area contributed by atoms with Crippen LogP contribution in [-0.2, 0) is 9.84 Å². The lowest BCUT2D eigenvalue weighted by Crippen LogP contribution is -2.43. The Bertz CT molecular complexity index is 563. The van der Waals surface area contributed by atoms with Crippen molar-refractivity contribution in [2.75, 3.05) is 0 Å². The Morgan fingerprint density at radius 3 is 2.38 bits per heavy atom. The molecule has 0 saturated heterocycles. The molecule has 2 rings (SSSR count). The zero-order valence-electron chi connectivity index (χ0n) is 13.1. The molecule has 1 aromatic rings. The van der Waals surface area contributed by atoms with Gasteiger partial charge in [0, 0.05) is 0 Å². The van der Waals surface area contributed by atoms with E-state index in [-0.39, 0.29) is 5.41 Å². The Hall–Kier alpha value is -0.870. The molecule has 0 heterocycles. The molecular formula is C17H26O3S. The normalized spacial score (nSPS) is 27.5. The van der Waals surface area contributed by atoms with Crippen LogP contribution in [0.2, 0.25) is 0 Å². The van der Waals surface area contributed by atoms with E-state index in [4.69, 9.17) is 0 Å². The van der Waals surface area contributed by atoms with Gasteiger partial charge in [-0.2, -0.15) is 0 Å². The second kappa shape index (κ2) is 6.09. The summed E-state index contributed by atoms with van der Waals surface area (Å²) in [4.78, 5) is 0.323. The molecule has 0 amide bonds. The van der Waals surface area contributed by atoms with Crippen LogP contribution in [0.4, 0.5) is 0 Å². The molecule has 0 aromatic heterocycles. The van der Waals surface area contributed by atoms with Crippen molar-refractivity contribution < 1.29 is 13.5 Å². The molecule has 1 aliphatic carbocycles. The minimum absolute atomic E-state index is 0.116. The van der Waals surface area contributed by atoms with Crippen molar-refractivity contribution in [1.29, 1.82) is 0 Å². The zero-order valence-corrected chi connectivity index (χ0v) is 13.9. The van der Waals surface area contributed by atoms with E-state index in [0.717, 1.165) is 12.8 Å². The van der Waals surface area contributed by atoms with Gasteiger partial charge in [0.2, 0.25) is 0 Å². The lowest BCUT2D eigenvalue weighted by atomic mass is 9.69. The first-order valence-electron chi connectivity index (χ1n) is 7.76. The fourth-order valence-corrected chi connectivity index (χ4v) is 5.15. The fraction of sp³-hybridized carbons (Fsp3) is 0.647. The lowest BCUT2D eigenvalue weighted by molar-refractivity contribution is 0.0670. The Kier molecular flexibility index (Phi) is 4.79. The van der Waals surface area contributed by atoms with Crippen LogP contribution in [0.25, 0.3) is 0 Å². The third-order valence-electron chi connectivity index (χ3n) is 5.24. The highest BCUT2D eigenvalue weighted by Gasteiger charge is 2.42. The quantitative estimate of drug-likeness (QED) is 0.927. The van der Waals surface area contributed by atoms with Gasteiger partial charge in [-0.1, -0.05) is 45.4 Å². The smallest absolute Gasteiger partial charge is 0.183 e. The van der Waals surface area contributed by atoms with Gasteiger partial charge in [-0.05, 0) is 42.7 Å². The molecule has 3 unspecified atom stereocenters. The monoisotopic (exact) mass is 310 g/mol. The molecule has 1 aromatic carbocycles. The summed E-state index contributed by atoms with van der Waals surface area (Å²) >= 11 is 0. The summed E-state index contributed by atoms with van der Waals surface area (Å²) < 4.78 is 25.6. The number of aliphatic hydroxyl groups is 1. The fourth-order valence-electron chi connectivity index (χ4n) is 3.23. The molecule has 3 atom stereocenters. The largest absolute Gasteiger partial charge is 0.392 e. The van der Waals surface area contributed by atoms with Crippen LogP contribution in [0.5, 0.6) is 0 Å². The van der Waals surface area contributed by atoms with Crippen LogP contribution in [0.15, 0.2) is 35.2 Å². The summed E-state index contributed by atoms with van der Waals surface area (Å²) in [5, 5.41) is 9.57. The maximum absolute atomic E-state index is 12.8. The summed E-state index contributed by atoms with van der Waals surface area (Å²) in [6.45, 7) is 6.54. The van der Waals surface area contributed by atoms with Crippen LogP contribution in [0, 0.1) is 11.3 Å². The molecule has 0 bridgehead atoms. The molecule has 1 saturated carbocycles. The number of hydrogen-bond acceptors (Lipinski definition) is 3. The summed E-state index contributed by atoms with van der Waals surface area (Å²) in [5.41, 5.74) is 0.116. The predicted octanol–water partition coefficient (Wildman–Crippen LogP) is 3.43. The van der Waals surface area contributed by atoms with Gasteiger partial charge in [-0.25, -0.2) is 8.42 Å². The SMILES string of the molecule is CCC(C)(C)C1CCC(O)C(S(=O)(=O)c2ccccc2)C1.